The molecule has 8 nitrogen and oxygen atoms in total. The number of carbonyl (C=O) groups excluding carboxylic acids is 1. The summed E-state index contributed by atoms with van der Waals surface area (Å²) in [5.74, 6) is -0.429. The summed E-state index contributed by atoms with van der Waals surface area (Å²) in [7, 11) is 1.33. The van der Waals surface area contributed by atoms with Gasteiger partial charge >= 0.3 is 5.97 Å². The summed E-state index contributed by atoms with van der Waals surface area (Å²) in [5, 5.41) is 0. The third kappa shape index (κ3) is 24.7. The van der Waals surface area contributed by atoms with Crippen LogP contribution in [0.1, 0.15) is 84.5 Å². The molecule has 9 heteroatoms. The number of rotatable bonds is 24. The lowest BCUT2D eigenvalue weighted by molar-refractivity contribution is -0.870. The first-order valence-electron chi connectivity index (χ1n) is 13.6. The molecule has 0 amide bonds. The molecule has 0 aromatic rings. The van der Waals surface area contributed by atoms with Crippen molar-refractivity contribution in [2.24, 2.45) is 0 Å². The molecule has 0 heterocycles. The van der Waals surface area contributed by atoms with Crippen LogP contribution < -0.4 is 4.89 Å². The highest BCUT2D eigenvalue weighted by Crippen LogP contribution is 2.38. The lowest BCUT2D eigenvalue weighted by Gasteiger charge is -2.28. The molecule has 0 aliphatic carbocycles. The van der Waals surface area contributed by atoms with E-state index in [0.717, 1.165) is 38.5 Å². The molecule has 0 aromatic carbocycles. The maximum absolute atomic E-state index is 12.0. The zero-order valence-electron chi connectivity index (χ0n) is 23.5. The quantitative estimate of drug-likeness (QED) is 0.0527. The van der Waals surface area contributed by atoms with Gasteiger partial charge in [0, 0.05) is 13.0 Å². The minimum absolute atomic E-state index is 0.0214. The Kier molecular flexibility index (Phi) is 21.4. The van der Waals surface area contributed by atoms with Crippen molar-refractivity contribution in [3.63, 3.8) is 0 Å². The van der Waals surface area contributed by atoms with E-state index >= 15 is 0 Å². The maximum Gasteiger partial charge on any atom is 0.305 e. The van der Waals surface area contributed by atoms with Crippen LogP contribution in [0.2, 0.25) is 0 Å². The van der Waals surface area contributed by atoms with Gasteiger partial charge in [-0.25, -0.2) is 0 Å². The van der Waals surface area contributed by atoms with Crippen molar-refractivity contribution in [3.05, 3.63) is 24.3 Å². The van der Waals surface area contributed by atoms with Crippen LogP contribution in [0.3, 0.4) is 0 Å². The Balaban J connectivity index is 3.97. The Morgan fingerprint density at radius 3 is 2.14 bits per heavy atom. The van der Waals surface area contributed by atoms with Crippen LogP contribution in [0, 0.1) is 0 Å². The van der Waals surface area contributed by atoms with Crippen molar-refractivity contribution >= 4 is 13.8 Å². The zero-order valence-corrected chi connectivity index (χ0v) is 24.3. The molecule has 212 valence electrons. The molecular weight excluding hydrogens is 481 g/mol. The van der Waals surface area contributed by atoms with Gasteiger partial charge in [-0.1, -0.05) is 70.3 Å². The van der Waals surface area contributed by atoms with Gasteiger partial charge in [0.25, 0.3) is 7.82 Å². The van der Waals surface area contributed by atoms with Crippen molar-refractivity contribution in [2.45, 2.75) is 90.6 Å². The van der Waals surface area contributed by atoms with Crippen molar-refractivity contribution in [1.29, 1.82) is 0 Å². The third-order valence-corrected chi connectivity index (χ3v) is 6.25. The Bertz CT molecular complexity index is 647. The molecule has 0 N–H and O–H groups in total. The number of allylic oxidation sites excluding steroid dienone is 4. The number of hydrogen-bond acceptors (Lipinski definition) is 7. The van der Waals surface area contributed by atoms with Gasteiger partial charge in [-0.2, -0.15) is 0 Å². The number of unbranched alkanes of at least 4 members (excludes halogenated alkanes) is 7. The fourth-order valence-corrected chi connectivity index (χ4v) is 3.81. The lowest BCUT2D eigenvalue weighted by atomic mass is 10.1. The first-order chi connectivity index (χ1) is 17.1. The predicted octanol–water partition coefficient (Wildman–Crippen LogP) is 5.57. The highest BCUT2D eigenvalue weighted by Gasteiger charge is 2.19. The Labute approximate surface area is 220 Å². The van der Waals surface area contributed by atoms with Crippen molar-refractivity contribution < 1.29 is 37.3 Å². The number of phosphoric acid groups is 1. The number of nitrogens with zero attached hydrogens (tertiary/aromatic N) is 1. The van der Waals surface area contributed by atoms with Crippen molar-refractivity contribution in [3.8, 4) is 0 Å². The van der Waals surface area contributed by atoms with Gasteiger partial charge in [-0.15, -0.1) is 0 Å². The molecule has 0 aliphatic rings. The number of carbonyl (C=O) groups is 1. The molecule has 0 saturated heterocycles. The second-order valence-corrected chi connectivity index (χ2v) is 11.4. The number of quaternary nitrogens is 1. The largest absolute Gasteiger partial charge is 0.756 e. The number of ether oxygens (including phenoxy) is 2. The molecule has 2 unspecified atom stereocenters. The number of esters is 1. The van der Waals surface area contributed by atoms with Crippen LogP contribution in [0.5, 0.6) is 0 Å². The van der Waals surface area contributed by atoms with E-state index in [1.165, 1.54) is 25.7 Å². The number of phosphoric ester groups is 1. The molecule has 0 bridgehead atoms. The van der Waals surface area contributed by atoms with Crippen molar-refractivity contribution in [2.75, 3.05) is 54.1 Å². The first kappa shape index (κ1) is 35.0. The molecule has 0 spiro atoms. The van der Waals surface area contributed by atoms with E-state index in [-0.39, 0.29) is 26.2 Å². The van der Waals surface area contributed by atoms with Gasteiger partial charge in [-0.3, -0.25) is 9.36 Å². The second-order valence-electron chi connectivity index (χ2n) is 10.0. The van der Waals surface area contributed by atoms with Crippen LogP contribution in [0.4, 0.5) is 0 Å². The van der Waals surface area contributed by atoms with E-state index in [4.69, 9.17) is 18.5 Å². The molecule has 36 heavy (non-hydrogen) atoms. The monoisotopic (exact) mass is 533 g/mol. The molecule has 0 aliphatic heterocycles. The summed E-state index contributed by atoms with van der Waals surface area (Å²) in [5.41, 5.74) is 0. The summed E-state index contributed by atoms with van der Waals surface area (Å²) >= 11 is 0. The number of hydrogen-bond donors (Lipinski definition) is 0. The van der Waals surface area contributed by atoms with Gasteiger partial charge in [0.05, 0.1) is 34.4 Å². The normalized spacial score (nSPS) is 14.9. The van der Waals surface area contributed by atoms with E-state index in [0.29, 0.717) is 17.6 Å². The highest BCUT2D eigenvalue weighted by atomic mass is 31.2. The van der Waals surface area contributed by atoms with E-state index in [1.54, 1.807) is 6.92 Å². The second kappa shape index (κ2) is 22.0. The van der Waals surface area contributed by atoms with Crippen LogP contribution in [-0.2, 0) is 27.9 Å². The summed E-state index contributed by atoms with van der Waals surface area (Å²) < 4.78 is 33.3. The Hall–Kier alpha value is -1.02. The fourth-order valence-electron chi connectivity index (χ4n) is 3.09. The maximum atomic E-state index is 12.0. The SMILES string of the molecule is CCC/C=C\C/C=C\CCCCCCCCOCC(COP(=O)([O-])OCC[N+](C)(C)C)OC(=O)CC. The molecule has 0 aromatic heterocycles. The molecule has 0 rings (SSSR count). The van der Waals surface area contributed by atoms with Gasteiger partial charge in [0.2, 0.25) is 0 Å². The molecule has 0 fully saturated rings. The fraction of sp³-hybridized carbons (Fsp3) is 0.815. The summed E-state index contributed by atoms with van der Waals surface area (Å²) in [6.07, 6.45) is 19.7. The highest BCUT2D eigenvalue weighted by molar-refractivity contribution is 7.45. The first-order valence-corrected chi connectivity index (χ1v) is 15.0. The summed E-state index contributed by atoms with van der Waals surface area (Å²) in [4.78, 5) is 23.7. The summed E-state index contributed by atoms with van der Waals surface area (Å²) in [6.45, 7) is 4.70. The van der Waals surface area contributed by atoms with E-state index in [2.05, 4.69) is 31.2 Å². The lowest BCUT2D eigenvalue weighted by Crippen LogP contribution is -2.37. The Morgan fingerprint density at radius 2 is 1.50 bits per heavy atom. The third-order valence-electron chi connectivity index (χ3n) is 5.29. The van der Waals surface area contributed by atoms with Gasteiger partial charge in [0.1, 0.15) is 19.3 Å². The van der Waals surface area contributed by atoms with Gasteiger partial charge in [0.15, 0.2) is 0 Å². The minimum atomic E-state index is -4.47. The zero-order chi connectivity index (χ0) is 27.1. The summed E-state index contributed by atoms with van der Waals surface area (Å²) in [6, 6.07) is 0. The molecule has 0 radical (unpaired) electrons. The minimum Gasteiger partial charge on any atom is -0.756 e. The van der Waals surface area contributed by atoms with Gasteiger partial charge < -0.3 is 27.9 Å². The Morgan fingerprint density at radius 1 is 0.861 bits per heavy atom. The van der Waals surface area contributed by atoms with E-state index in [1.807, 2.05) is 21.1 Å². The topological polar surface area (TPSA) is 94.1 Å². The number of likely N-dealkylation sites (N-methyl/N-ethyl adjacent to an activating group) is 1. The standard InChI is InChI=1S/C27H52NO7P/c1-6-8-9-10-11-12-13-14-15-16-17-18-19-20-22-32-24-26(35-27(29)7-2)25-34-36(30,31)33-23-21-28(3,4)5/h9-10,12-13,26H,6-8,11,14-25H2,1-5H3/b10-9-,13-12-. The average molecular weight is 534 g/mol. The van der Waals surface area contributed by atoms with Crippen molar-refractivity contribution in [1.82, 2.24) is 0 Å². The van der Waals surface area contributed by atoms with Crippen LogP contribution >= 0.6 is 7.82 Å². The predicted molar refractivity (Wildman–Crippen MR) is 144 cm³/mol. The van der Waals surface area contributed by atoms with E-state index in [9.17, 15) is 14.3 Å². The van der Waals surface area contributed by atoms with Gasteiger partial charge in [-0.05, 0) is 32.1 Å². The molecule has 2 atom stereocenters. The molecule has 0 saturated carbocycles. The van der Waals surface area contributed by atoms with Crippen LogP contribution in [-0.4, -0.2) is 70.7 Å². The van der Waals surface area contributed by atoms with Crippen LogP contribution in [0.25, 0.3) is 0 Å². The smallest absolute Gasteiger partial charge is 0.305 e. The van der Waals surface area contributed by atoms with Crippen LogP contribution in [0.15, 0.2) is 24.3 Å². The molecular formula is C27H52NO7P. The average Bonchev–Trinajstić information content (AvgIpc) is 2.81. The van der Waals surface area contributed by atoms with E-state index < -0.39 is 19.9 Å².